The standard InChI is InChI=1S/C28H25NO7/c1-4-36-28(33)19-5-11-20(12-6-19)29-24(17-7-13-21(34-2)14-8-17)23(26(31)27(29)32)25(30)18-9-15-22(35-3)16-10-18/h5-16,23-24H,4H2,1-3H3. The van der Waals surface area contributed by atoms with Crippen LogP contribution in [-0.4, -0.2) is 44.3 Å². The molecule has 3 aromatic carbocycles. The lowest BCUT2D eigenvalue weighted by Gasteiger charge is -2.27. The molecule has 1 saturated heterocycles. The molecule has 184 valence electrons. The number of amides is 1. The first-order valence-corrected chi connectivity index (χ1v) is 11.4. The Hall–Kier alpha value is -4.46. The van der Waals surface area contributed by atoms with Gasteiger partial charge in [-0.2, -0.15) is 0 Å². The highest BCUT2D eigenvalue weighted by Gasteiger charge is 2.52. The highest BCUT2D eigenvalue weighted by molar-refractivity contribution is 6.49. The van der Waals surface area contributed by atoms with Crippen LogP contribution in [0.15, 0.2) is 72.8 Å². The Bertz CT molecular complexity index is 1280. The summed E-state index contributed by atoms with van der Waals surface area (Å²) in [6, 6.07) is 18.5. The fraction of sp³-hybridized carbons (Fsp3) is 0.214. The second-order valence-corrected chi connectivity index (χ2v) is 8.10. The first-order chi connectivity index (χ1) is 17.4. The van der Waals surface area contributed by atoms with E-state index in [1.165, 1.54) is 31.3 Å². The summed E-state index contributed by atoms with van der Waals surface area (Å²) in [5.41, 5.74) is 1.58. The molecule has 4 rings (SSSR count). The van der Waals surface area contributed by atoms with Crippen molar-refractivity contribution in [3.63, 3.8) is 0 Å². The van der Waals surface area contributed by atoms with Crippen molar-refractivity contribution >= 4 is 29.1 Å². The number of esters is 1. The normalized spacial score (nSPS) is 17.1. The number of methoxy groups -OCH3 is 2. The van der Waals surface area contributed by atoms with Gasteiger partial charge >= 0.3 is 5.97 Å². The van der Waals surface area contributed by atoms with E-state index < -0.39 is 35.4 Å². The first-order valence-electron chi connectivity index (χ1n) is 11.4. The molecule has 1 fully saturated rings. The van der Waals surface area contributed by atoms with E-state index in [0.717, 1.165) is 0 Å². The second kappa shape index (κ2) is 10.4. The maximum atomic E-state index is 13.6. The minimum atomic E-state index is -1.26. The van der Waals surface area contributed by atoms with Gasteiger partial charge in [-0.1, -0.05) is 12.1 Å². The molecule has 0 radical (unpaired) electrons. The predicted octanol–water partition coefficient (Wildman–Crippen LogP) is 4.04. The average Bonchev–Trinajstić information content (AvgIpc) is 3.18. The van der Waals surface area contributed by atoms with Crippen molar-refractivity contribution in [1.82, 2.24) is 0 Å². The van der Waals surface area contributed by atoms with E-state index in [4.69, 9.17) is 14.2 Å². The molecule has 0 saturated carbocycles. The Labute approximate surface area is 208 Å². The van der Waals surface area contributed by atoms with E-state index >= 15 is 0 Å². The van der Waals surface area contributed by atoms with Crippen LogP contribution in [0.5, 0.6) is 11.5 Å². The molecule has 36 heavy (non-hydrogen) atoms. The van der Waals surface area contributed by atoms with Crippen LogP contribution in [0, 0.1) is 5.92 Å². The third-order valence-electron chi connectivity index (χ3n) is 6.08. The number of hydrogen-bond donors (Lipinski definition) is 0. The molecule has 3 aromatic rings. The molecule has 2 unspecified atom stereocenters. The molecule has 0 bridgehead atoms. The molecule has 1 heterocycles. The topological polar surface area (TPSA) is 99.2 Å². The monoisotopic (exact) mass is 487 g/mol. The van der Waals surface area contributed by atoms with Crippen molar-refractivity contribution < 1.29 is 33.4 Å². The lowest BCUT2D eigenvalue weighted by molar-refractivity contribution is -0.135. The smallest absolute Gasteiger partial charge is 0.338 e. The number of ketones is 2. The Morgan fingerprint density at radius 3 is 1.83 bits per heavy atom. The Morgan fingerprint density at radius 2 is 1.31 bits per heavy atom. The molecule has 1 aliphatic heterocycles. The van der Waals surface area contributed by atoms with E-state index in [-0.39, 0.29) is 6.61 Å². The largest absolute Gasteiger partial charge is 0.497 e. The zero-order valence-corrected chi connectivity index (χ0v) is 20.1. The summed E-state index contributed by atoms with van der Waals surface area (Å²) >= 11 is 0. The third kappa shape index (κ3) is 4.57. The highest BCUT2D eigenvalue weighted by Crippen LogP contribution is 2.41. The van der Waals surface area contributed by atoms with E-state index in [2.05, 4.69) is 0 Å². The van der Waals surface area contributed by atoms with Crippen LogP contribution in [0.2, 0.25) is 0 Å². The van der Waals surface area contributed by atoms with Crippen LogP contribution < -0.4 is 14.4 Å². The van der Waals surface area contributed by atoms with Crippen LogP contribution in [0.25, 0.3) is 0 Å². The van der Waals surface area contributed by atoms with Gasteiger partial charge in [-0.05, 0) is 73.2 Å². The van der Waals surface area contributed by atoms with Gasteiger partial charge in [0, 0.05) is 11.3 Å². The fourth-order valence-corrected chi connectivity index (χ4v) is 4.26. The van der Waals surface area contributed by atoms with E-state index in [9.17, 15) is 19.2 Å². The quantitative estimate of drug-likeness (QED) is 0.205. The molecular weight excluding hydrogens is 462 g/mol. The summed E-state index contributed by atoms with van der Waals surface area (Å²) in [6.45, 7) is 1.94. The van der Waals surface area contributed by atoms with Crippen LogP contribution in [0.3, 0.4) is 0 Å². The average molecular weight is 488 g/mol. The van der Waals surface area contributed by atoms with Crippen LogP contribution in [-0.2, 0) is 14.3 Å². The molecule has 0 aliphatic carbocycles. The van der Waals surface area contributed by atoms with Gasteiger partial charge in [0.25, 0.3) is 5.91 Å². The summed E-state index contributed by atoms with van der Waals surface area (Å²) < 4.78 is 15.4. The Morgan fingerprint density at radius 1 is 0.778 bits per heavy atom. The molecule has 0 aromatic heterocycles. The molecule has 0 spiro atoms. The predicted molar refractivity (Wildman–Crippen MR) is 131 cm³/mol. The van der Waals surface area contributed by atoms with Gasteiger partial charge < -0.3 is 14.2 Å². The summed E-state index contributed by atoms with van der Waals surface area (Å²) in [7, 11) is 3.05. The number of hydrogen-bond acceptors (Lipinski definition) is 7. The van der Waals surface area contributed by atoms with Gasteiger partial charge in [-0.3, -0.25) is 19.3 Å². The maximum Gasteiger partial charge on any atom is 0.338 e. The summed E-state index contributed by atoms with van der Waals surface area (Å²) in [6.07, 6.45) is 0. The van der Waals surface area contributed by atoms with Crippen molar-refractivity contribution in [2.75, 3.05) is 25.7 Å². The number of nitrogens with zero attached hydrogens (tertiary/aromatic N) is 1. The fourth-order valence-electron chi connectivity index (χ4n) is 4.26. The molecule has 8 nitrogen and oxygen atoms in total. The number of carbonyl (C=O) groups excluding carboxylic acids is 4. The van der Waals surface area contributed by atoms with Gasteiger partial charge in [-0.15, -0.1) is 0 Å². The Balaban J connectivity index is 1.77. The molecule has 0 N–H and O–H groups in total. The number of benzene rings is 3. The zero-order valence-electron chi connectivity index (χ0n) is 20.1. The van der Waals surface area contributed by atoms with Gasteiger partial charge in [0.05, 0.1) is 32.4 Å². The van der Waals surface area contributed by atoms with Crippen molar-refractivity contribution in [1.29, 1.82) is 0 Å². The minimum Gasteiger partial charge on any atom is -0.497 e. The summed E-state index contributed by atoms with van der Waals surface area (Å²) in [4.78, 5) is 53.5. The molecule has 8 heteroatoms. The zero-order chi connectivity index (χ0) is 25.8. The number of anilines is 1. The van der Waals surface area contributed by atoms with Gasteiger partial charge in [0.2, 0.25) is 5.78 Å². The first kappa shape index (κ1) is 24.7. The number of carbonyl (C=O) groups is 4. The van der Waals surface area contributed by atoms with Crippen LogP contribution in [0.1, 0.15) is 39.2 Å². The summed E-state index contributed by atoms with van der Waals surface area (Å²) in [5, 5.41) is 0. The second-order valence-electron chi connectivity index (χ2n) is 8.10. The lowest BCUT2D eigenvalue weighted by Crippen LogP contribution is -2.30. The molecular formula is C28H25NO7. The van der Waals surface area contributed by atoms with E-state index in [1.807, 2.05) is 0 Å². The van der Waals surface area contributed by atoms with Gasteiger partial charge in [0.1, 0.15) is 17.4 Å². The van der Waals surface area contributed by atoms with Crippen molar-refractivity contribution in [3.8, 4) is 11.5 Å². The van der Waals surface area contributed by atoms with Crippen molar-refractivity contribution in [2.24, 2.45) is 5.92 Å². The van der Waals surface area contributed by atoms with Crippen LogP contribution in [0.4, 0.5) is 5.69 Å². The molecule has 2 atom stereocenters. The Kier molecular flexibility index (Phi) is 7.15. The highest BCUT2D eigenvalue weighted by atomic mass is 16.5. The third-order valence-corrected chi connectivity index (χ3v) is 6.08. The van der Waals surface area contributed by atoms with Crippen LogP contribution >= 0.6 is 0 Å². The minimum absolute atomic E-state index is 0.231. The lowest BCUT2D eigenvalue weighted by atomic mass is 9.86. The van der Waals surface area contributed by atoms with Crippen molar-refractivity contribution in [3.05, 3.63) is 89.5 Å². The summed E-state index contributed by atoms with van der Waals surface area (Å²) in [5.74, 6) is -2.66. The number of ether oxygens (including phenoxy) is 3. The molecule has 1 amide bonds. The van der Waals surface area contributed by atoms with E-state index in [1.54, 1.807) is 67.6 Å². The van der Waals surface area contributed by atoms with Gasteiger partial charge in [0.15, 0.2) is 5.78 Å². The molecule has 1 aliphatic rings. The van der Waals surface area contributed by atoms with Gasteiger partial charge in [-0.25, -0.2) is 4.79 Å². The van der Waals surface area contributed by atoms with Crippen molar-refractivity contribution in [2.45, 2.75) is 13.0 Å². The number of rotatable bonds is 8. The maximum absolute atomic E-state index is 13.6. The SMILES string of the molecule is CCOC(=O)c1ccc(N2C(=O)C(=O)C(C(=O)c3ccc(OC)cc3)C2c2ccc(OC)cc2)cc1. The number of Topliss-reactive ketones (excluding diaryl/α,β-unsaturated/α-hetero) is 2. The van der Waals surface area contributed by atoms with E-state index in [0.29, 0.717) is 33.9 Å².